The van der Waals surface area contributed by atoms with Crippen molar-refractivity contribution in [2.75, 3.05) is 14.1 Å². The summed E-state index contributed by atoms with van der Waals surface area (Å²) in [7, 11) is 3.80. The maximum Gasteiger partial charge on any atom is 0.194 e. The van der Waals surface area contributed by atoms with Crippen molar-refractivity contribution in [2.45, 2.75) is 20.0 Å². The van der Waals surface area contributed by atoms with Gasteiger partial charge in [0, 0.05) is 26.7 Å². The maximum absolute atomic E-state index is 4.81. The fraction of sp³-hybridized carbons (Fsp3) is 0.333. The zero-order valence-electron chi connectivity index (χ0n) is 12.1. The minimum absolute atomic E-state index is 0.598. The van der Waals surface area contributed by atoms with Crippen molar-refractivity contribution < 1.29 is 4.52 Å². The molecule has 106 valence electrons. The molecule has 0 aliphatic rings. The van der Waals surface area contributed by atoms with E-state index in [1.807, 2.05) is 13.1 Å². The van der Waals surface area contributed by atoms with Crippen LogP contribution < -0.4 is 5.32 Å². The molecule has 0 saturated heterocycles. The van der Waals surface area contributed by atoms with Crippen LogP contribution in [0.5, 0.6) is 0 Å². The first kappa shape index (κ1) is 14.1. The minimum atomic E-state index is 0.598. The molecule has 0 atom stereocenters. The van der Waals surface area contributed by atoms with Crippen LogP contribution in [0.15, 0.2) is 46.1 Å². The first-order valence-corrected chi connectivity index (χ1v) is 6.56. The molecule has 0 bridgehead atoms. The van der Waals surface area contributed by atoms with Crippen LogP contribution in [-0.4, -0.2) is 30.1 Å². The summed E-state index contributed by atoms with van der Waals surface area (Å²) in [5.74, 6) is 0.830. The van der Waals surface area contributed by atoms with Crippen LogP contribution in [0, 0.1) is 6.92 Å². The number of guanidine groups is 1. The van der Waals surface area contributed by atoms with Gasteiger partial charge in [-0.3, -0.25) is 4.99 Å². The second-order valence-electron chi connectivity index (χ2n) is 4.67. The van der Waals surface area contributed by atoms with E-state index in [4.69, 9.17) is 4.52 Å². The molecule has 5 nitrogen and oxygen atoms in total. The molecule has 2 aromatic rings. The van der Waals surface area contributed by atoms with E-state index in [2.05, 4.69) is 51.6 Å². The summed E-state index contributed by atoms with van der Waals surface area (Å²) >= 11 is 0. The van der Waals surface area contributed by atoms with Crippen LogP contribution in [0.1, 0.15) is 16.8 Å². The summed E-state index contributed by atoms with van der Waals surface area (Å²) in [4.78, 5) is 6.37. The third-order valence-electron chi connectivity index (χ3n) is 3.16. The quantitative estimate of drug-likeness (QED) is 0.685. The lowest BCUT2D eigenvalue weighted by Crippen LogP contribution is -2.38. The largest absolute Gasteiger partial charge is 0.364 e. The number of rotatable bonds is 4. The first-order valence-electron chi connectivity index (χ1n) is 6.56. The van der Waals surface area contributed by atoms with Crippen LogP contribution >= 0.6 is 0 Å². The Bertz CT molecular complexity index is 563. The molecule has 2 rings (SSSR count). The van der Waals surface area contributed by atoms with E-state index in [9.17, 15) is 0 Å². The second-order valence-corrected chi connectivity index (χ2v) is 4.67. The highest BCUT2D eigenvalue weighted by atomic mass is 16.5. The lowest BCUT2D eigenvalue weighted by molar-refractivity contribution is 0.409. The molecule has 0 spiro atoms. The molecular weight excluding hydrogens is 252 g/mol. The molecule has 0 unspecified atom stereocenters. The summed E-state index contributed by atoms with van der Waals surface area (Å²) < 4.78 is 4.81. The van der Waals surface area contributed by atoms with Gasteiger partial charge in [-0.1, -0.05) is 29.4 Å². The van der Waals surface area contributed by atoms with Crippen molar-refractivity contribution in [3.63, 3.8) is 0 Å². The molecular formula is C15H20N4O. The number of aryl methyl sites for hydroxylation is 1. The highest BCUT2D eigenvalue weighted by Gasteiger charge is 2.08. The second kappa shape index (κ2) is 6.75. The fourth-order valence-electron chi connectivity index (χ4n) is 2.00. The summed E-state index contributed by atoms with van der Waals surface area (Å²) in [6.45, 7) is 3.53. The van der Waals surface area contributed by atoms with E-state index in [1.54, 1.807) is 13.3 Å². The smallest absolute Gasteiger partial charge is 0.194 e. The Hall–Kier alpha value is -2.30. The van der Waals surface area contributed by atoms with Crippen LogP contribution in [0.4, 0.5) is 0 Å². The van der Waals surface area contributed by atoms with Gasteiger partial charge in [-0.05, 0) is 18.1 Å². The highest BCUT2D eigenvalue weighted by Crippen LogP contribution is 2.09. The van der Waals surface area contributed by atoms with Gasteiger partial charge in [0.1, 0.15) is 12.0 Å². The van der Waals surface area contributed by atoms with E-state index < -0.39 is 0 Å². The highest BCUT2D eigenvalue weighted by molar-refractivity contribution is 5.79. The van der Waals surface area contributed by atoms with Gasteiger partial charge in [0.15, 0.2) is 5.96 Å². The SMILES string of the molecule is CN=C(NCc1ccon1)N(C)Cc1ccccc1C. The maximum atomic E-state index is 4.81. The average molecular weight is 272 g/mol. The number of hydrogen-bond acceptors (Lipinski definition) is 3. The van der Waals surface area contributed by atoms with Gasteiger partial charge in [-0.25, -0.2) is 0 Å². The van der Waals surface area contributed by atoms with E-state index in [0.717, 1.165) is 18.2 Å². The molecule has 20 heavy (non-hydrogen) atoms. The number of hydrogen-bond donors (Lipinski definition) is 1. The van der Waals surface area contributed by atoms with Crippen LogP contribution in [0.3, 0.4) is 0 Å². The van der Waals surface area contributed by atoms with Crippen molar-refractivity contribution in [3.05, 3.63) is 53.4 Å². The van der Waals surface area contributed by atoms with Gasteiger partial charge in [0.05, 0.1) is 6.54 Å². The molecule has 1 aromatic carbocycles. The van der Waals surface area contributed by atoms with Gasteiger partial charge < -0.3 is 14.7 Å². The minimum Gasteiger partial charge on any atom is -0.364 e. The molecule has 0 amide bonds. The number of aromatic nitrogens is 1. The Morgan fingerprint density at radius 3 is 2.80 bits per heavy atom. The van der Waals surface area contributed by atoms with Gasteiger partial charge in [0.2, 0.25) is 0 Å². The first-order chi connectivity index (χ1) is 9.70. The Morgan fingerprint density at radius 2 is 2.15 bits per heavy atom. The lowest BCUT2D eigenvalue weighted by atomic mass is 10.1. The van der Waals surface area contributed by atoms with E-state index >= 15 is 0 Å². The number of aliphatic imine (C=N–C) groups is 1. The summed E-state index contributed by atoms with van der Waals surface area (Å²) in [6.07, 6.45) is 1.57. The topological polar surface area (TPSA) is 53.7 Å². The van der Waals surface area contributed by atoms with Crippen LogP contribution in [-0.2, 0) is 13.1 Å². The normalized spacial score (nSPS) is 11.4. The number of nitrogens with zero attached hydrogens (tertiary/aromatic N) is 3. The molecule has 0 saturated carbocycles. The van der Waals surface area contributed by atoms with Crippen molar-refractivity contribution in [2.24, 2.45) is 4.99 Å². The number of benzene rings is 1. The van der Waals surface area contributed by atoms with Crippen molar-refractivity contribution in [1.29, 1.82) is 0 Å². The summed E-state index contributed by atoms with van der Waals surface area (Å²) in [5.41, 5.74) is 3.43. The van der Waals surface area contributed by atoms with Crippen LogP contribution in [0.2, 0.25) is 0 Å². The van der Waals surface area contributed by atoms with Gasteiger partial charge in [-0.15, -0.1) is 0 Å². The monoisotopic (exact) mass is 272 g/mol. The van der Waals surface area contributed by atoms with E-state index in [1.165, 1.54) is 11.1 Å². The van der Waals surface area contributed by atoms with E-state index in [0.29, 0.717) is 6.54 Å². The zero-order chi connectivity index (χ0) is 14.4. The Morgan fingerprint density at radius 1 is 1.35 bits per heavy atom. The molecule has 1 aromatic heterocycles. The molecule has 5 heteroatoms. The third-order valence-corrected chi connectivity index (χ3v) is 3.16. The molecule has 0 fully saturated rings. The summed E-state index contributed by atoms with van der Waals surface area (Å²) in [5, 5.41) is 7.13. The zero-order valence-corrected chi connectivity index (χ0v) is 12.1. The lowest BCUT2D eigenvalue weighted by Gasteiger charge is -2.22. The number of nitrogens with one attached hydrogen (secondary N) is 1. The Balaban J connectivity index is 1.95. The molecule has 0 aliphatic carbocycles. The van der Waals surface area contributed by atoms with E-state index in [-0.39, 0.29) is 0 Å². The van der Waals surface area contributed by atoms with Crippen molar-refractivity contribution >= 4 is 5.96 Å². The molecule has 1 heterocycles. The predicted octanol–water partition coefficient (Wildman–Crippen LogP) is 2.19. The van der Waals surface area contributed by atoms with Gasteiger partial charge in [0.25, 0.3) is 0 Å². The van der Waals surface area contributed by atoms with Gasteiger partial charge in [-0.2, -0.15) is 0 Å². The standard InChI is InChI=1S/C15H20N4O/c1-12-6-4-5-7-13(12)11-19(3)15(16-2)17-10-14-8-9-20-18-14/h4-9H,10-11H2,1-3H3,(H,16,17). The third kappa shape index (κ3) is 3.60. The molecule has 1 N–H and O–H groups in total. The Kier molecular flexibility index (Phi) is 4.76. The van der Waals surface area contributed by atoms with Crippen molar-refractivity contribution in [1.82, 2.24) is 15.4 Å². The van der Waals surface area contributed by atoms with Gasteiger partial charge >= 0.3 is 0 Å². The fourth-order valence-corrected chi connectivity index (χ4v) is 2.00. The molecule has 0 aliphatic heterocycles. The van der Waals surface area contributed by atoms with Crippen molar-refractivity contribution in [3.8, 4) is 0 Å². The van der Waals surface area contributed by atoms with Crippen LogP contribution in [0.25, 0.3) is 0 Å². The molecule has 0 radical (unpaired) electrons. The summed E-state index contributed by atoms with van der Waals surface area (Å²) in [6, 6.07) is 10.2. The average Bonchev–Trinajstić information content (AvgIpc) is 2.95. The Labute approximate surface area is 119 Å². The predicted molar refractivity (Wildman–Crippen MR) is 79.3 cm³/mol.